The maximum atomic E-state index is 13.1. The Morgan fingerprint density at radius 3 is 2.31 bits per heavy atom. The lowest BCUT2D eigenvalue weighted by atomic mass is 9.96. The maximum Gasteiger partial charge on any atom is 0.252 e. The number of hydrogen-bond donors (Lipinski definition) is 1. The smallest absolute Gasteiger partial charge is 0.252 e. The molecule has 0 aliphatic carbocycles. The van der Waals surface area contributed by atoms with E-state index in [1.54, 1.807) is 52.7 Å². The fraction of sp³-hybridized carbons (Fsp3) is 0.476. The lowest BCUT2D eigenvalue weighted by Gasteiger charge is -2.37. The monoisotopic (exact) mass is 497 g/mol. The standard InChI is InChI=1S/C21H27N3O5S3/c25-21(17-6-4-12-24(16-17)32(28,29)20-9-5-15-30-20)23-13-10-18(11-14-23)22-31(26,27)19-7-2-1-3-8-19/h1-3,5,7-9,15,17-18,22H,4,6,10-14,16H2/t17-/m0/s1. The lowest BCUT2D eigenvalue weighted by Crippen LogP contribution is -2.51. The quantitative estimate of drug-likeness (QED) is 0.658. The fourth-order valence-electron chi connectivity index (χ4n) is 4.26. The summed E-state index contributed by atoms with van der Waals surface area (Å²) >= 11 is 1.18. The van der Waals surface area contributed by atoms with E-state index in [4.69, 9.17) is 0 Å². The number of nitrogens with one attached hydrogen (secondary N) is 1. The zero-order valence-corrected chi connectivity index (χ0v) is 20.0. The van der Waals surface area contributed by atoms with Crippen LogP contribution < -0.4 is 4.72 Å². The molecule has 0 radical (unpaired) electrons. The van der Waals surface area contributed by atoms with Gasteiger partial charge in [0.1, 0.15) is 4.21 Å². The number of hydrogen-bond acceptors (Lipinski definition) is 6. The number of benzene rings is 1. The Morgan fingerprint density at radius 2 is 1.66 bits per heavy atom. The van der Waals surface area contributed by atoms with Crippen LogP contribution in [0.25, 0.3) is 0 Å². The van der Waals surface area contributed by atoms with Gasteiger partial charge >= 0.3 is 0 Å². The second-order valence-electron chi connectivity index (χ2n) is 8.17. The first-order chi connectivity index (χ1) is 15.3. The Morgan fingerprint density at radius 1 is 0.938 bits per heavy atom. The van der Waals surface area contributed by atoms with Crippen LogP contribution in [-0.2, 0) is 24.8 Å². The van der Waals surface area contributed by atoms with Crippen molar-refractivity contribution in [1.29, 1.82) is 0 Å². The van der Waals surface area contributed by atoms with Crippen LogP contribution in [0.5, 0.6) is 0 Å². The minimum atomic E-state index is -3.59. The van der Waals surface area contributed by atoms with Gasteiger partial charge in [-0.3, -0.25) is 4.79 Å². The molecule has 8 nitrogen and oxygen atoms in total. The molecule has 4 rings (SSSR count). The molecule has 2 fully saturated rings. The zero-order valence-electron chi connectivity index (χ0n) is 17.6. The summed E-state index contributed by atoms with van der Waals surface area (Å²) in [6.07, 6.45) is 2.37. The highest BCUT2D eigenvalue weighted by atomic mass is 32.2. The molecule has 1 N–H and O–H groups in total. The average molecular weight is 498 g/mol. The molecule has 32 heavy (non-hydrogen) atoms. The first kappa shape index (κ1) is 23.4. The predicted molar refractivity (Wildman–Crippen MR) is 122 cm³/mol. The van der Waals surface area contributed by atoms with Crippen molar-refractivity contribution in [2.75, 3.05) is 26.2 Å². The van der Waals surface area contributed by atoms with Gasteiger partial charge in [0, 0.05) is 32.2 Å². The van der Waals surface area contributed by atoms with Crippen molar-refractivity contribution >= 4 is 37.3 Å². The maximum absolute atomic E-state index is 13.1. The number of carbonyl (C=O) groups is 1. The molecule has 0 bridgehead atoms. The van der Waals surface area contributed by atoms with Crippen LogP contribution in [-0.4, -0.2) is 64.2 Å². The van der Waals surface area contributed by atoms with Crippen LogP contribution >= 0.6 is 11.3 Å². The molecule has 11 heteroatoms. The third-order valence-electron chi connectivity index (χ3n) is 6.00. The minimum Gasteiger partial charge on any atom is -0.342 e. The molecule has 1 aromatic carbocycles. The van der Waals surface area contributed by atoms with Crippen LogP contribution in [0.2, 0.25) is 0 Å². The van der Waals surface area contributed by atoms with E-state index < -0.39 is 20.0 Å². The van der Waals surface area contributed by atoms with Crippen LogP contribution in [0.3, 0.4) is 0 Å². The third-order valence-corrected chi connectivity index (χ3v) is 10.8. The van der Waals surface area contributed by atoms with Crippen molar-refractivity contribution in [3.8, 4) is 0 Å². The number of sulfonamides is 2. The van der Waals surface area contributed by atoms with Gasteiger partial charge in [-0.1, -0.05) is 24.3 Å². The molecule has 1 aromatic heterocycles. The first-order valence-electron chi connectivity index (χ1n) is 10.7. The second-order valence-corrected chi connectivity index (χ2v) is 13.0. The summed E-state index contributed by atoms with van der Waals surface area (Å²) in [7, 11) is -7.16. The van der Waals surface area contributed by atoms with Gasteiger partial charge in [0.2, 0.25) is 15.9 Å². The second kappa shape index (κ2) is 9.60. The predicted octanol–water partition coefficient (Wildman–Crippen LogP) is 2.12. The molecule has 3 heterocycles. The highest BCUT2D eigenvalue weighted by Crippen LogP contribution is 2.28. The summed E-state index contributed by atoms with van der Waals surface area (Å²) < 4.78 is 55.2. The summed E-state index contributed by atoms with van der Waals surface area (Å²) in [6, 6.07) is 11.3. The van der Waals surface area contributed by atoms with Gasteiger partial charge in [-0.25, -0.2) is 21.6 Å². The van der Waals surface area contributed by atoms with Gasteiger partial charge in [-0.2, -0.15) is 4.31 Å². The van der Waals surface area contributed by atoms with Crippen molar-refractivity contribution in [3.63, 3.8) is 0 Å². The normalized spacial score (nSPS) is 21.5. The highest BCUT2D eigenvalue weighted by Gasteiger charge is 2.36. The topological polar surface area (TPSA) is 104 Å². The number of piperidine rings is 2. The lowest BCUT2D eigenvalue weighted by molar-refractivity contribution is -0.137. The van der Waals surface area contributed by atoms with E-state index in [0.717, 1.165) is 0 Å². The Balaban J connectivity index is 1.33. The van der Waals surface area contributed by atoms with E-state index >= 15 is 0 Å². The summed E-state index contributed by atoms with van der Waals surface area (Å²) in [5.41, 5.74) is 0. The number of amides is 1. The molecule has 0 spiro atoms. The molecule has 2 saturated heterocycles. The molecule has 1 amide bonds. The van der Waals surface area contributed by atoms with Gasteiger partial charge in [-0.15, -0.1) is 11.3 Å². The SMILES string of the molecule is O=C([C@H]1CCCN(S(=O)(=O)c2cccs2)C1)N1CCC(NS(=O)(=O)c2ccccc2)CC1. The molecular formula is C21H27N3O5S3. The van der Waals surface area contributed by atoms with Crippen molar-refractivity contribution < 1.29 is 21.6 Å². The van der Waals surface area contributed by atoms with Crippen molar-refractivity contribution in [1.82, 2.24) is 13.9 Å². The van der Waals surface area contributed by atoms with Crippen LogP contribution in [0.15, 0.2) is 56.9 Å². The summed E-state index contributed by atoms with van der Waals surface area (Å²) in [5, 5.41) is 1.73. The highest BCUT2D eigenvalue weighted by molar-refractivity contribution is 7.91. The van der Waals surface area contributed by atoms with Crippen LogP contribution in [0.1, 0.15) is 25.7 Å². The van der Waals surface area contributed by atoms with Crippen LogP contribution in [0, 0.1) is 5.92 Å². The van der Waals surface area contributed by atoms with E-state index in [1.165, 1.54) is 15.6 Å². The van der Waals surface area contributed by atoms with Gasteiger partial charge in [-0.05, 0) is 49.3 Å². The average Bonchev–Trinajstić information content (AvgIpc) is 3.36. The van der Waals surface area contributed by atoms with Gasteiger partial charge in [0.05, 0.1) is 10.8 Å². The number of rotatable bonds is 6. The van der Waals surface area contributed by atoms with Crippen molar-refractivity contribution in [3.05, 3.63) is 47.8 Å². The van der Waals surface area contributed by atoms with Gasteiger partial charge in [0.15, 0.2) is 0 Å². The fourth-order valence-corrected chi connectivity index (χ4v) is 8.26. The minimum absolute atomic E-state index is 0.0413. The summed E-state index contributed by atoms with van der Waals surface area (Å²) in [5.74, 6) is -0.406. The molecular weight excluding hydrogens is 470 g/mol. The largest absolute Gasteiger partial charge is 0.342 e. The number of nitrogens with zero attached hydrogens (tertiary/aromatic N) is 2. The molecule has 2 aliphatic rings. The van der Waals surface area contributed by atoms with Crippen molar-refractivity contribution in [2.45, 2.75) is 40.8 Å². The summed E-state index contributed by atoms with van der Waals surface area (Å²) in [6.45, 7) is 1.52. The van der Waals surface area contributed by atoms with Gasteiger partial charge < -0.3 is 4.90 Å². The molecule has 1 atom stereocenters. The number of carbonyl (C=O) groups excluding carboxylic acids is 1. The molecule has 174 valence electrons. The number of likely N-dealkylation sites (tertiary alicyclic amines) is 1. The Kier molecular flexibility index (Phi) is 7.01. The van der Waals surface area contributed by atoms with Crippen LogP contribution in [0.4, 0.5) is 0 Å². The Labute approximate surface area is 193 Å². The van der Waals surface area contributed by atoms with E-state index in [-0.39, 0.29) is 29.3 Å². The van der Waals surface area contributed by atoms with E-state index in [0.29, 0.717) is 49.5 Å². The van der Waals surface area contributed by atoms with E-state index in [9.17, 15) is 21.6 Å². The molecule has 0 unspecified atom stereocenters. The Hall–Kier alpha value is -1.79. The zero-order chi connectivity index (χ0) is 22.8. The molecule has 2 aliphatic heterocycles. The molecule has 2 aromatic rings. The number of thiophene rings is 1. The third kappa shape index (κ3) is 5.07. The van der Waals surface area contributed by atoms with Crippen molar-refractivity contribution in [2.24, 2.45) is 5.92 Å². The van der Waals surface area contributed by atoms with Gasteiger partial charge in [0.25, 0.3) is 10.0 Å². The molecule has 0 saturated carbocycles. The van der Waals surface area contributed by atoms with E-state index in [2.05, 4.69) is 4.72 Å². The first-order valence-corrected chi connectivity index (χ1v) is 14.5. The van der Waals surface area contributed by atoms with E-state index in [1.807, 2.05) is 0 Å². The summed E-state index contributed by atoms with van der Waals surface area (Å²) in [4.78, 5) is 15.1. The Bertz CT molecular complexity index is 1130.